The number of halogens is 2. The van der Waals surface area contributed by atoms with Crippen LogP contribution in [0.3, 0.4) is 0 Å². The third-order valence-corrected chi connectivity index (χ3v) is 4.05. The van der Waals surface area contributed by atoms with Crippen LogP contribution in [0.15, 0.2) is 47.4 Å². The Bertz CT molecular complexity index is 572. The van der Waals surface area contributed by atoms with Gasteiger partial charge in [-0.3, -0.25) is 0 Å². The molecule has 0 aliphatic rings. The molecule has 0 radical (unpaired) electrons. The van der Waals surface area contributed by atoms with Gasteiger partial charge in [0.1, 0.15) is 11.6 Å². The fraction of sp³-hybridized carbons (Fsp3) is 0.200. The lowest BCUT2D eigenvalue weighted by molar-refractivity contribution is 0.601. The molecule has 0 heterocycles. The summed E-state index contributed by atoms with van der Waals surface area (Å²) in [4.78, 5) is 0.561. The van der Waals surface area contributed by atoms with Crippen molar-refractivity contribution in [3.63, 3.8) is 0 Å². The maximum Gasteiger partial charge on any atom is 0.136 e. The van der Waals surface area contributed by atoms with Gasteiger partial charge in [0.05, 0.1) is 0 Å². The quantitative estimate of drug-likeness (QED) is 0.854. The summed E-state index contributed by atoms with van der Waals surface area (Å²) in [6.07, 6.45) is 0. The monoisotopic (exact) mass is 279 g/mol. The molecule has 0 amide bonds. The zero-order valence-corrected chi connectivity index (χ0v) is 11.4. The van der Waals surface area contributed by atoms with Crippen LogP contribution < -0.4 is 5.73 Å². The molecule has 1 nitrogen and oxygen atoms in total. The molecule has 0 bridgehead atoms. The van der Waals surface area contributed by atoms with Crippen molar-refractivity contribution in [2.24, 2.45) is 5.73 Å². The highest BCUT2D eigenvalue weighted by molar-refractivity contribution is 7.99. The fourth-order valence-corrected chi connectivity index (χ4v) is 2.61. The van der Waals surface area contributed by atoms with Gasteiger partial charge in [0, 0.05) is 16.7 Å². The van der Waals surface area contributed by atoms with Gasteiger partial charge in [0.2, 0.25) is 0 Å². The standard InChI is InChI=1S/C15H15F2NS/c1-10-6-7-11(8-13(10)17)14(18)9-19-15-5-3-2-4-12(15)16/h2-8,14H,9,18H2,1H3. The lowest BCUT2D eigenvalue weighted by Crippen LogP contribution is -2.13. The summed E-state index contributed by atoms with van der Waals surface area (Å²) in [7, 11) is 0. The molecule has 1 unspecified atom stereocenters. The molecule has 2 aromatic rings. The molecule has 0 saturated heterocycles. The van der Waals surface area contributed by atoms with Crippen molar-refractivity contribution < 1.29 is 8.78 Å². The van der Waals surface area contributed by atoms with Crippen LogP contribution in [0.4, 0.5) is 8.78 Å². The van der Waals surface area contributed by atoms with E-state index in [9.17, 15) is 8.78 Å². The lowest BCUT2D eigenvalue weighted by Gasteiger charge is -2.12. The van der Waals surface area contributed by atoms with Crippen molar-refractivity contribution in [2.75, 3.05) is 5.75 Å². The van der Waals surface area contributed by atoms with Gasteiger partial charge < -0.3 is 5.73 Å². The first-order valence-corrected chi connectivity index (χ1v) is 6.95. The van der Waals surface area contributed by atoms with Crippen LogP contribution in [-0.4, -0.2) is 5.75 Å². The van der Waals surface area contributed by atoms with Gasteiger partial charge in [0.25, 0.3) is 0 Å². The SMILES string of the molecule is Cc1ccc(C(N)CSc2ccccc2F)cc1F. The van der Waals surface area contributed by atoms with Crippen LogP contribution in [0.2, 0.25) is 0 Å². The molecule has 2 aromatic carbocycles. The lowest BCUT2D eigenvalue weighted by atomic mass is 10.1. The summed E-state index contributed by atoms with van der Waals surface area (Å²) in [6, 6.07) is 11.2. The van der Waals surface area contributed by atoms with E-state index in [0.717, 1.165) is 5.56 Å². The molecule has 2 N–H and O–H groups in total. The first-order valence-electron chi connectivity index (χ1n) is 5.97. The Morgan fingerprint density at radius 3 is 2.53 bits per heavy atom. The minimum Gasteiger partial charge on any atom is -0.323 e. The molecular formula is C15H15F2NS. The largest absolute Gasteiger partial charge is 0.323 e. The van der Waals surface area contributed by atoms with E-state index in [1.165, 1.54) is 23.9 Å². The first-order chi connectivity index (χ1) is 9.08. The Hall–Kier alpha value is -1.39. The molecule has 0 fully saturated rings. The molecule has 0 aliphatic carbocycles. The fourth-order valence-electron chi connectivity index (χ4n) is 1.68. The summed E-state index contributed by atoms with van der Waals surface area (Å²) in [5.74, 6) is -0.0118. The molecule has 100 valence electrons. The molecule has 19 heavy (non-hydrogen) atoms. The zero-order chi connectivity index (χ0) is 13.8. The van der Waals surface area contributed by atoms with Gasteiger partial charge in [-0.15, -0.1) is 11.8 Å². The van der Waals surface area contributed by atoms with Crippen molar-refractivity contribution in [3.8, 4) is 0 Å². The Morgan fingerprint density at radius 1 is 1.11 bits per heavy atom. The van der Waals surface area contributed by atoms with Crippen LogP contribution >= 0.6 is 11.8 Å². The summed E-state index contributed by atoms with van der Waals surface area (Å²) >= 11 is 1.34. The molecule has 2 rings (SSSR count). The Morgan fingerprint density at radius 2 is 1.84 bits per heavy atom. The van der Waals surface area contributed by atoms with E-state index in [-0.39, 0.29) is 17.7 Å². The van der Waals surface area contributed by atoms with E-state index in [0.29, 0.717) is 16.2 Å². The smallest absolute Gasteiger partial charge is 0.136 e. The minimum absolute atomic E-state index is 0.255. The third-order valence-electron chi connectivity index (χ3n) is 2.88. The highest BCUT2D eigenvalue weighted by atomic mass is 32.2. The van der Waals surface area contributed by atoms with Crippen LogP contribution in [-0.2, 0) is 0 Å². The van der Waals surface area contributed by atoms with E-state index in [4.69, 9.17) is 5.73 Å². The van der Waals surface area contributed by atoms with E-state index in [1.54, 1.807) is 31.2 Å². The van der Waals surface area contributed by atoms with Crippen molar-refractivity contribution >= 4 is 11.8 Å². The highest BCUT2D eigenvalue weighted by Crippen LogP contribution is 2.26. The second kappa shape index (κ2) is 6.17. The first kappa shape index (κ1) is 14.0. The van der Waals surface area contributed by atoms with Crippen molar-refractivity contribution in [3.05, 3.63) is 65.2 Å². The van der Waals surface area contributed by atoms with Crippen LogP contribution in [0, 0.1) is 18.6 Å². The Kier molecular flexibility index (Phi) is 4.56. The Balaban J connectivity index is 2.03. The summed E-state index contributed by atoms with van der Waals surface area (Å²) < 4.78 is 26.9. The Labute approximate surface area is 115 Å². The minimum atomic E-state index is -0.320. The number of hydrogen-bond donors (Lipinski definition) is 1. The van der Waals surface area contributed by atoms with Crippen LogP contribution in [0.5, 0.6) is 0 Å². The van der Waals surface area contributed by atoms with E-state index < -0.39 is 0 Å². The van der Waals surface area contributed by atoms with E-state index in [2.05, 4.69) is 0 Å². The van der Waals surface area contributed by atoms with Crippen molar-refractivity contribution in [1.82, 2.24) is 0 Å². The molecule has 0 aromatic heterocycles. The predicted molar refractivity (Wildman–Crippen MR) is 75.2 cm³/mol. The number of benzene rings is 2. The van der Waals surface area contributed by atoms with Crippen molar-refractivity contribution in [1.29, 1.82) is 0 Å². The molecule has 0 saturated carbocycles. The van der Waals surface area contributed by atoms with E-state index >= 15 is 0 Å². The molecule has 1 atom stereocenters. The average molecular weight is 279 g/mol. The van der Waals surface area contributed by atoms with Gasteiger partial charge in [-0.05, 0) is 36.2 Å². The maximum atomic E-state index is 13.4. The average Bonchev–Trinajstić information content (AvgIpc) is 2.40. The molecule has 0 aliphatic heterocycles. The van der Waals surface area contributed by atoms with Gasteiger partial charge in [-0.2, -0.15) is 0 Å². The second-order valence-corrected chi connectivity index (χ2v) is 5.42. The zero-order valence-electron chi connectivity index (χ0n) is 10.6. The van der Waals surface area contributed by atoms with Gasteiger partial charge in [-0.1, -0.05) is 24.3 Å². The van der Waals surface area contributed by atoms with Gasteiger partial charge in [-0.25, -0.2) is 8.78 Å². The topological polar surface area (TPSA) is 26.0 Å². The van der Waals surface area contributed by atoms with Gasteiger partial charge in [0.15, 0.2) is 0 Å². The highest BCUT2D eigenvalue weighted by Gasteiger charge is 2.10. The van der Waals surface area contributed by atoms with Crippen molar-refractivity contribution in [2.45, 2.75) is 17.9 Å². The van der Waals surface area contributed by atoms with Crippen LogP contribution in [0.1, 0.15) is 17.2 Å². The summed E-state index contributed by atoms with van der Waals surface area (Å²) in [5.41, 5.74) is 7.33. The van der Waals surface area contributed by atoms with E-state index in [1.807, 2.05) is 6.07 Å². The number of nitrogens with two attached hydrogens (primary N) is 1. The third kappa shape index (κ3) is 3.55. The van der Waals surface area contributed by atoms with Crippen LogP contribution in [0.25, 0.3) is 0 Å². The number of rotatable bonds is 4. The summed E-state index contributed by atoms with van der Waals surface area (Å²) in [5, 5.41) is 0. The normalized spacial score (nSPS) is 12.4. The molecular weight excluding hydrogens is 264 g/mol. The second-order valence-electron chi connectivity index (χ2n) is 4.36. The van der Waals surface area contributed by atoms with Gasteiger partial charge >= 0.3 is 0 Å². The molecule has 0 spiro atoms. The molecule has 4 heteroatoms. The number of thioether (sulfide) groups is 1. The maximum absolute atomic E-state index is 13.4. The summed E-state index contributed by atoms with van der Waals surface area (Å²) in [6.45, 7) is 1.71. The predicted octanol–water partition coefficient (Wildman–Crippen LogP) is 4.07. The number of hydrogen-bond acceptors (Lipinski definition) is 2. The number of aryl methyl sites for hydroxylation is 1.